The van der Waals surface area contributed by atoms with Gasteiger partial charge in [0.05, 0.1) is 22.6 Å². The zero-order valence-corrected chi connectivity index (χ0v) is 13.2. The molecule has 122 valence electrons. The number of benzene rings is 1. The SMILES string of the molecule is COC(=O)c1cc([N+](=O)[O-])c(NCCc2ncnn2C)cc1Cl. The van der Waals surface area contributed by atoms with Gasteiger partial charge >= 0.3 is 5.97 Å². The highest BCUT2D eigenvalue weighted by Crippen LogP contribution is 2.31. The molecule has 0 atom stereocenters. The van der Waals surface area contributed by atoms with Crippen LogP contribution in [-0.4, -0.2) is 39.3 Å². The molecule has 0 bridgehead atoms. The number of carbonyl (C=O) groups is 1. The molecule has 2 rings (SSSR count). The molecule has 0 unspecified atom stereocenters. The van der Waals surface area contributed by atoms with Crippen LogP contribution in [0.2, 0.25) is 5.02 Å². The minimum Gasteiger partial charge on any atom is -0.465 e. The van der Waals surface area contributed by atoms with Crippen molar-refractivity contribution in [1.29, 1.82) is 0 Å². The number of aromatic nitrogens is 3. The fraction of sp³-hybridized carbons (Fsp3) is 0.308. The largest absolute Gasteiger partial charge is 0.465 e. The van der Waals surface area contributed by atoms with Crippen molar-refractivity contribution in [2.75, 3.05) is 19.0 Å². The lowest BCUT2D eigenvalue weighted by molar-refractivity contribution is -0.384. The first-order valence-corrected chi connectivity index (χ1v) is 6.94. The number of nitro groups is 1. The van der Waals surface area contributed by atoms with Crippen LogP contribution in [-0.2, 0) is 18.2 Å². The molecule has 0 aliphatic rings. The summed E-state index contributed by atoms with van der Waals surface area (Å²) in [6.45, 7) is 0.390. The highest BCUT2D eigenvalue weighted by Gasteiger charge is 2.21. The lowest BCUT2D eigenvalue weighted by atomic mass is 10.1. The lowest BCUT2D eigenvalue weighted by Crippen LogP contribution is -2.11. The van der Waals surface area contributed by atoms with Crippen LogP contribution in [0.1, 0.15) is 16.2 Å². The van der Waals surface area contributed by atoms with E-state index < -0.39 is 10.9 Å². The van der Waals surface area contributed by atoms with Gasteiger partial charge < -0.3 is 10.1 Å². The van der Waals surface area contributed by atoms with Gasteiger partial charge in [0.25, 0.3) is 5.69 Å². The second-order valence-electron chi connectivity index (χ2n) is 4.57. The molecule has 0 radical (unpaired) electrons. The van der Waals surface area contributed by atoms with Crippen LogP contribution in [0.25, 0.3) is 0 Å². The third-order valence-corrected chi connectivity index (χ3v) is 3.47. The molecule has 0 saturated carbocycles. The number of ether oxygens (including phenoxy) is 1. The first-order valence-electron chi connectivity index (χ1n) is 6.57. The molecule has 23 heavy (non-hydrogen) atoms. The quantitative estimate of drug-likeness (QED) is 0.485. The minimum atomic E-state index is -0.733. The highest BCUT2D eigenvalue weighted by molar-refractivity contribution is 6.34. The van der Waals surface area contributed by atoms with Crippen molar-refractivity contribution in [3.63, 3.8) is 0 Å². The Morgan fingerprint density at radius 3 is 2.83 bits per heavy atom. The molecule has 2 aromatic rings. The van der Waals surface area contributed by atoms with Crippen LogP contribution in [0.3, 0.4) is 0 Å². The Kier molecular flexibility index (Phi) is 5.12. The smallest absolute Gasteiger partial charge is 0.339 e. The fourth-order valence-electron chi connectivity index (χ4n) is 1.98. The normalized spacial score (nSPS) is 10.4. The number of carbonyl (C=O) groups excluding carboxylic acids is 1. The monoisotopic (exact) mass is 339 g/mol. The number of anilines is 1. The number of esters is 1. The van der Waals surface area contributed by atoms with Crippen molar-refractivity contribution < 1.29 is 14.5 Å². The second kappa shape index (κ2) is 7.05. The van der Waals surface area contributed by atoms with Crippen LogP contribution in [0.15, 0.2) is 18.5 Å². The summed E-state index contributed by atoms with van der Waals surface area (Å²) in [4.78, 5) is 26.2. The zero-order valence-electron chi connectivity index (χ0n) is 12.4. The summed E-state index contributed by atoms with van der Waals surface area (Å²) in [5, 5.41) is 18.1. The number of nitrogens with zero attached hydrogens (tertiary/aromatic N) is 4. The van der Waals surface area contributed by atoms with Gasteiger partial charge in [-0.1, -0.05) is 11.6 Å². The van der Waals surface area contributed by atoms with E-state index in [4.69, 9.17) is 11.6 Å². The Balaban J connectivity index is 2.20. The van der Waals surface area contributed by atoms with Crippen LogP contribution in [0.4, 0.5) is 11.4 Å². The Morgan fingerprint density at radius 1 is 1.52 bits per heavy atom. The molecule has 0 fully saturated rings. The summed E-state index contributed by atoms with van der Waals surface area (Å²) in [7, 11) is 2.93. The molecule has 1 aromatic heterocycles. The predicted molar refractivity (Wildman–Crippen MR) is 82.6 cm³/mol. The maximum absolute atomic E-state index is 11.6. The molecule has 1 heterocycles. The molecule has 0 aliphatic heterocycles. The van der Waals surface area contributed by atoms with Gasteiger partial charge in [-0.2, -0.15) is 5.10 Å². The summed E-state index contributed by atoms with van der Waals surface area (Å²) < 4.78 is 6.17. The van der Waals surface area contributed by atoms with Crippen LogP contribution in [0.5, 0.6) is 0 Å². The average molecular weight is 340 g/mol. The van der Waals surface area contributed by atoms with E-state index in [9.17, 15) is 14.9 Å². The molecule has 0 saturated heterocycles. The first kappa shape index (κ1) is 16.7. The van der Waals surface area contributed by atoms with Gasteiger partial charge in [-0.05, 0) is 6.07 Å². The van der Waals surface area contributed by atoms with Crippen molar-refractivity contribution in [1.82, 2.24) is 14.8 Å². The summed E-state index contributed by atoms with van der Waals surface area (Å²) in [5.74, 6) is 0.00108. The van der Waals surface area contributed by atoms with Crippen molar-refractivity contribution in [3.05, 3.63) is 45.0 Å². The van der Waals surface area contributed by atoms with Gasteiger partial charge in [0, 0.05) is 26.1 Å². The van der Waals surface area contributed by atoms with Crippen LogP contribution >= 0.6 is 11.6 Å². The van der Waals surface area contributed by atoms with Crippen molar-refractivity contribution in [2.45, 2.75) is 6.42 Å². The summed E-state index contributed by atoms with van der Waals surface area (Å²) in [6.07, 6.45) is 1.95. The van der Waals surface area contributed by atoms with Crippen molar-refractivity contribution in [3.8, 4) is 0 Å². The van der Waals surface area contributed by atoms with E-state index in [-0.39, 0.29) is 22.0 Å². The molecule has 10 heteroatoms. The molecule has 0 spiro atoms. The number of aryl methyl sites for hydroxylation is 1. The third kappa shape index (κ3) is 3.75. The van der Waals surface area contributed by atoms with Crippen molar-refractivity contribution in [2.24, 2.45) is 7.05 Å². The molecule has 1 aromatic carbocycles. The van der Waals surface area contributed by atoms with Gasteiger partial charge in [0.2, 0.25) is 0 Å². The van der Waals surface area contributed by atoms with Gasteiger partial charge in [-0.15, -0.1) is 0 Å². The Hall–Kier alpha value is -2.68. The number of halogens is 1. The van der Waals surface area contributed by atoms with Gasteiger partial charge in [-0.3, -0.25) is 14.8 Å². The second-order valence-corrected chi connectivity index (χ2v) is 4.98. The summed E-state index contributed by atoms with van der Waals surface area (Å²) in [6, 6.07) is 2.43. The van der Waals surface area contributed by atoms with Crippen molar-refractivity contribution >= 4 is 28.9 Å². The first-order chi connectivity index (χ1) is 10.9. The Morgan fingerprint density at radius 2 is 2.26 bits per heavy atom. The minimum absolute atomic E-state index is 0.0558. The maximum Gasteiger partial charge on any atom is 0.339 e. The molecule has 0 amide bonds. The molecular weight excluding hydrogens is 326 g/mol. The zero-order chi connectivity index (χ0) is 17.0. The van der Waals surface area contributed by atoms with E-state index in [1.54, 1.807) is 11.7 Å². The standard InChI is InChI=1S/C13H14ClN5O4/c1-18-12(16-7-17-18)3-4-15-10-6-9(14)8(13(20)23-2)5-11(10)19(21)22/h5-7,15H,3-4H2,1-2H3. The number of hydrogen-bond acceptors (Lipinski definition) is 7. The van der Waals surface area contributed by atoms with Crippen LogP contribution in [0, 0.1) is 10.1 Å². The number of nitro benzene ring substituents is 1. The van der Waals surface area contributed by atoms with Gasteiger partial charge in [0.1, 0.15) is 17.8 Å². The van der Waals surface area contributed by atoms with E-state index in [1.165, 1.54) is 19.5 Å². The van der Waals surface area contributed by atoms with Crippen LogP contribution < -0.4 is 5.32 Å². The molecule has 0 aliphatic carbocycles. The molecular formula is C13H14ClN5O4. The lowest BCUT2D eigenvalue weighted by Gasteiger charge is -2.09. The number of methoxy groups -OCH3 is 1. The maximum atomic E-state index is 11.6. The fourth-order valence-corrected chi connectivity index (χ4v) is 2.22. The Bertz CT molecular complexity index is 746. The summed E-state index contributed by atoms with van der Waals surface area (Å²) in [5.41, 5.74) is -0.0951. The summed E-state index contributed by atoms with van der Waals surface area (Å²) >= 11 is 5.99. The number of hydrogen-bond donors (Lipinski definition) is 1. The van der Waals surface area contributed by atoms with E-state index in [1.807, 2.05) is 0 Å². The highest BCUT2D eigenvalue weighted by atomic mass is 35.5. The molecule has 9 nitrogen and oxygen atoms in total. The van der Waals surface area contributed by atoms with E-state index >= 15 is 0 Å². The van der Waals surface area contributed by atoms with Gasteiger partial charge in [0.15, 0.2) is 0 Å². The topological polar surface area (TPSA) is 112 Å². The predicted octanol–water partition coefficient (Wildman–Crippen LogP) is 1.82. The molecule has 1 N–H and O–H groups in total. The van der Waals surface area contributed by atoms with E-state index in [0.29, 0.717) is 13.0 Å². The third-order valence-electron chi connectivity index (χ3n) is 3.16. The Labute approximate surface area is 136 Å². The van der Waals surface area contributed by atoms with Gasteiger partial charge in [-0.25, -0.2) is 9.78 Å². The average Bonchev–Trinajstić information content (AvgIpc) is 2.91. The van der Waals surface area contributed by atoms with E-state index in [2.05, 4.69) is 20.1 Å². The number of nitrogens with one attached hydrogen (secondary N) is 1. The number of rotatable bonds is 6. The van der Waals surface area contributed by atoms with E-state index in [0.717, 1.165) is 11.9 Å².